The maximum atomic E-state index is 11.1. The molecule has 0 aliphatic carbocycles. The number of benzene rings is 3. The highest BCUT2D eigenvalue weighted by Gasteiger charge is 2.13. The molecule has 0 unspecified atom stereocenters. The van der Waals surface area contributed by atoms with Gasteiger partial charge in [0.15, 0.2) is 0 Å². The van der Waals surface area contributed by atoms with Crippen LogP contribution in [-0.2, 0) is 24.1 Å². The molecule has 1 saturated heterocycles. The first-order chi connectivity index (χ1) is 17.7. The van der Waals surface area contributed by atoms with Gasteiger partial charge >= 0.3 is 5.97 Å². The number of ether oxygens (including phenoxy) is 1. The highest BCUT2D eigenvalue weighted by atomic mass is 35.5. The second-order valence-electron chi connectivity index (χ2n) is 9.65. The van der Waals surface area contributed by atoms with Crippen molar-refractivity contribution in [3.05, 3.63) is 95.7 Å². The molecule has 0 radical (unpaired) electrons. The number of aromatic nitrogens is 1. The molecule has 0 amide bonds. The molecule has 1 fully saturated rings. The van der Waals surface area contributed by atoms with E-state index >= 15 is 0 Å². The third kappa shape index (κ3) is 6.94. The molecule has 1 N–H and O–H groups in total. The lowest BCUT2D eigenvalue weighted by atomic mass is 10.0. The quantitative estimate of drug-likeness (QED) is 0.252. The molecule has 194 valence electrons. The summed E-state index contributed by atoms with van der Waals surface area (Å²) in [5.41, 5.74) is 5.88. The van der Waals surface area contributed by atoms with E-state index in [0.29, 0.717) is 13.0 Å². The van der Waals surface area contributed by atoms with Crippen molar-refractivity contribution >= 4 is 29.3 Å². The second kappa shape index (κ2) is 12.8. The van der Waals surface area contributed by atoms with Gasteiger partial charge in [-0.1, -0.05) is 36.4 Å². The van der Waals surface area contributed by atoms with Crippen molar-refractivity contribution in [3.63, 3.8) is 0 Å². The van der Waals surface area contributed by atoms with E-state index in [1.165, 1.54) is 42.4 Å². The van der Waals surface area contributed by atoms with Crippen LogP contribution in [0, 0.1) is 0 Å². The molecule has 0 bridgehead atoms. The van der Waals surface area contributed by atoms with Crippen molar-refractivity contribution in [2.75, 3.05) is 26.2 Å². The Kier molecular flexibility index (Phi) is 9.26. The predicted molar refractivity (Wildman–Crippen MR) is 151 cm³/mol. The van der Waals surface area contributed by atoms with Crippen molar-refractivity contribution in [2.45, 2.75) is 38.5 Å². The highest BCUT2D eigenvalue weighted by molar-refractivity contribution is 5.86. The number of hydrogen-bond donors (Lipinski definition) is 1. The van der Waals surface area contributed by atoms with Gasteiger partial charge in [-0.3, -0.25) is 9.69 Å². The van der Waals surface area contributed by atoms with Crippen LogP contribution in [0.5, 0.6) is 5.75 Å². The third-order valence-corrected chi connectivity index (χ3v) is 7.09. The average molecular weight is 519 g/mol. The topological polar surface area (TPSA) is 54.7 Å². The summed E-state index contributed by atoms with van der Waals surface area (Å²) in [7, 11) is 0. The molecule has 4 aromatic rings. The summed E-state index contributed by atoms with van der Waals surface area (Å²) < 4.78 is 8.24. The number of carboxylic acids is 1. The Morgan fingerprint density at radius 3 is 2.35 bits per heavy atom. The number of nitrogens with zero attached hydrogens (tertiary/aromatic N) is 2. The molecule has 1 aliphatic heterocycles. The molecule has 2 heterocycles. The number of carboxylic acid groups (broad SMARTS) is 1. The number of fused-ring (bicyclic) bond motifs is 1. The fourth-order valence-electron chi connectivity index (χ4n) is 5.09. The predicted octanol–water partition coefficient (Wildman–Crippen LogP) is 6.33. The average Bonchev–Trinajstić information content (AvgIpc) is 3.55. The lowest BCUT2D eigenvalue weighted by molar-refractivity contribution is -0.136. The van der Waals surface area contributed by atoms with Crippen molar-refractivity contribution in [3.8, 4) is 11.4 Å². The number of rotatable bonds is 11. The minimum Gasteiger partial charge on any atom is -0.492 e. The lowest BCUT2D eigenvalue weighted by Crippen LogP contribution is -2.25. The summed E-state index contributed by atoms with van der Waals surface area (Å²) in [4.78, 5) is 13.6. The molecule has 6 heteroatoms. The summed E-state index contributed by atoms with van der Waals surface area (Å²) in [6.07, 6.45) is 7.40. The van der Waals surface area contributed by atoms with Gasteiger partial charge in [-0.25, -0.2) is 0 Å². The van der Waals surface area contributed by atoms with Gasteiger partial charge in [0.25, 0.3) is 0 Å². The minimum absolute atomic E-state index is 0. The van der Waals surface area contributed by atoms with Crippen LogP contribution in [0.15, 0.2) is 79.0 Å². The van der Waals surface area contributed by atoms with Gasteiger partial charge in [0.05, 0.1) is 5.52 Å². The van der Waals surface area contributed by atoms with Crippen LogP contribution in [0.4, 0.5) is 0 Å². The first-order valence-electron chi connectivity index (χ1n) is 13.0. The van der Waals surface area contributed by atoms with E-state index in [1.54, 1.807) is 0 Å². The molecular formula is C31H35ClN2O3. The van der Waals surface area contributed by atoms with Gasteiger partial charge in [-0.05, 0) is 98.3 Å². The van der Waals surface area contributed by atoms with E-state index in [1.807, 2.05) is 6.07 Å². The molecule has 0 spiro atoms. The first-order valence-corrected chi connectivity index (χ1v) is 13.0. The molecule has 1 aliphatic rings. The van der Waals surface area contributed by atoms with E-state index in [9.17, 15) is 4.79 Å². The standard InChI is InChI=1S/C31H34N2O3.ClH/c34-31(35)17-10-25-9-16-30-29(22-25)26(11-8-24-6-2-1-3-7-24)23-33(30)27-12-14-28(15-13-27)36-21-20-32-18-4-5-19-32;/h1-3,6-7,9,12-16,22-23H,4-5,8,10-11,17-21H2,(H,34,35);1H. The van der Waals surface area contributed by atoms with E-state index in [2.05, 4.69) is 82.4 Å². The zero-order valence-electron chi connectivity index (χ0n) is 21.1. The molecule has 0 saturated carbocycles. The van der Waals surface area contributed by atoms with Crippen LogP contribution in [0.1, 0.15) is 36.0 Å². The Morgan fingerprint density at radius 2 is 1.62 bits per heavy atom. The Labute approximate surface area is 225 Å². The molecule has 1 aromatic heterocycles. The smallest absolute Gasteiger partial charge is 0.303 e. The summed E-state index contributed by atoms with van der Waals surface area (Å²) in [5, 5.41) is 10.3. The third-order valence-electron chi connectivity index (χ3n) is 7.09. The summed E-state index contributed by atoms with van der Waals surface area (Å²) in [6.45, 7) is 4.08. The largest absolute Gasteiger partial charge is 0.492 e. The summed E-state index contributed by atoms with van der Waals surface area (Å²) in [5.74, 6) is 0.134. The fourth-order valence-corrected chi connectivity index (χ4v) is 5.09. The van der Waals surface area contributed by atoms with E-state index in [0.717, 1.165) is 41.9 Å². The first kappa shape index (κ1) is 26.8. The van der Waals surface area contributed by atoms with Gasteiger partial charge < -0.3 is 14.4 Å². The monoisotopic (exact) mass is 518 g/mol. The maximum Gasteiger partial charge on any atom is 0.303 e. The van der Waals surface area contributed by atoms with Crippen molar-refractivity contribution in [1.29, 1.82) is 0 Å². The van der Waals surface area contributed by atoms with Gasteiger partial charge in [-0.15, -0.1) is 12.4 Å². The molecule has 0 atom stereocenters. The molecule has 37 heavy (non-hydrogen) atoms. The second-order valence-corrected chi connectivity index (χ2v) is 9.65. The zero-order chi connectivity index (χ0) is 24.7. The molecule has 5 rings (SSSR count). The van der Waals surface area contributed by atoms with E-state index in [4.69, 9.17) is 9.84 Å². The molecule has 3 aromatic carbocycles. The number of aliphatic carboxylic acids is 1. The zero-order valence-corrected chi connectivity index (χ0v) is 22.0. The Bertz CT molecular complexity index is 1300. The SMILES string of the molecule is Cl.O=C(O)CCc1ccc2c(c1)c(CCc1ccccc1)cn2-c1ccc(OCCN2CCCC2)cc1. The Hall–Kier alpha value is -3.28. The van der Waals surface area contributed by atoms with Crippen molar-refractivity contribution in [1.82, 2.24) is 9.47 Å². The van der Waals surface area contributed by atoms with Gasteiger partial charge in [0.1, 0.15) is 12.4 Å². The Morgan fingerprint density at radius 1 is 0.865 bits per heavy atom. The number of likely N-dealkylation sites (tertiary alicyclic amines) is 1. The fraction of sp³-hybridized carbons (Fsp3) is 0.323. The summed E-state index contributed by atoms with van der Waals surface area (Å²) in [6, 6.07) is 25.2. The van der Waals surface area contributed by atoms with Gasteiger partial charge in [0.2, 0.25) is 0 Å². The Balaban J connectivity index is 0.00000320. The van der Waals surface area contributed by atoms with Crippen molar-refractivity contribution in [2.24, 2.45) is 0 Å². The number of hydrogen-bond acceptors (Lipinski definition) is 3. The highest BCUT2D eigenvalue weighted by Crippen LogP contribution is 2.29. The van der Waals surface area contributed by atoms with Gasteiger partial charge in [-0.2, -0.15) is 0 Å². The van der Waals surface area contributed by atoms with Crippen LogP contribution in [0.2, 0.25) is 0 Å². The lowest BCUT2D eigenvalue weighted by Gasteiger charge is -2.15. The normalized spacial score (nSPS) is 13.5. The van der Waals surface area contributed by atoms with Crippen LogP contribution >= 0.6 is 12.4 Å². The van der Waals surface area contributed by atoms with Crippen LogP contribution < -0.4 is 4.74 Å². The van der Waals surface area contributed by atoms with Crippen LogP contribution in [-0.4, -0.2) is 46.8 Å². The van der Waals surface area contributed by atoms with E-state index < -0.39 is 5.97 Å². The van der Waals surface area contributed by atoms with Crippen molar-refractivity contribution < 1.29 is 14.6 Å². The number of aryl methyl sites for hydroxylation is 3. The maximum absolute atomic E-state index is 11.1. The molecular weight excluding hydrogens is 484 g/mol. The molecule has 5 nitrogen and oxygen atoms in total. The van der Waals surface area contributed by atoms with Crippen LogP contribution in [0.3, 0.4) is 0 Å². The van der Waals surface area contributed by atoms with E-state index in [-0.39, 0.29) is 18.8 Å². The minimum atomic E-state index is -0.764. The number of halogens is 1. The van der Waals surface area contributed by atoms with Crippen LogP contribution in [0.25, 0.3) is 16.6 Å². The summed E-state index contributed by atoms with van der Waals surface area (Å²) >= 11 is 0. The van der Waals surface area contributed by atoms with Gasteiger partial charge in [0, 0.05) is 30.2 Å². The number of carbonyl (C=O) groups is 1.